The number of carbonyl (C=O) groups excluding carboxylic acids is 1. The molecule has 2 saturated heterocycles. The largest absolute Gasteiger partial charge is 0.496 e. The molecule has 1 unspecified atom stereocenters. The van der Waals surface area contributed by atoms with Gasteiger partial charge in [0.1, 0.15) is 34.9 Å². The maximum atomic E-state index is 13.8. The Hall–Kier alpha value is -4.53. The summed E-state index contributed by atoms with van der Waals surface area (Å²) in [5.41, 5.74) is 3.92. The Labute approximate surface area is 246 Å². The van der Waals surface area contributed by atoms with Crippen molar-refractivity contribution in [3.8, 4) is 40.0 Å². The van der Waals surface area contributed by atoms with E-state index in [1.54, 1.807) is 42.6 Å². The molecule has 0 saturated carbocycles. The van der Waals surface area contributed by atoms with Crippen LogP contribution in [0.4, 0.5) is 8.78 Å². The molecular weight excluding hydrogens is 558 g/mol. The number of nitriles is 1. The highest BCUT2D eigenvalue weighted by molar-refractivity contribution is 5.97. The van der Waals surface area contributed by atoms with Crippen LogP contribution in [0.5, 0.6) is 11.5 Å². The van der Waals surface area contributed by atoms with E-state index in [2.05, 4.69) is 21.7 Å². The van der Waals surface area contributed by atoms with Gasteiger partial charge in [0.25, 0.3) is 11.8 Å². The summed E-state index contributed by atoms with van der Waals surface area (Å²) >= 11 is 0. The third kappa shape index (κ3) is 6.16. The van der Waals surface area contributed by atoms with Crippen LogP contribution in [0.25, 0.3) is 33.6 Å². The van der Waals surface area contributed by atoms with Crippen LogP contribution in [0.1, 0.15) is 35.2 Å². The zero-order chi connectivity index (χ0) is 30.0. The second-order valence-electron chi connectivity index (χ2n) is 10.7. The SMILES string of the molecule is COc1cc(C(=O)NC2CNCC(F)(F)C2)ccc1-c1cc2nccc(-c3ccc(OC4CCOCC4)c(C#N)c3)c2o1. The van der Waals surface area contributed by atoms with Crippen molar-refractivity contribution in [2.24, 2.45) is 0 Å². The van der Waals surface area contributed by atoms with E-state index in [9.17, 15) is 18.8 Å². The molecule has 2 aromatic carbocycles. The van der Waals surface area contributed by atoms with E-state index in [0.717, 1.165) is 24.0 Å². The molecule has 1 amide bonds. The molecule has 0 aliphatic carbocycles. The third-order valence-electron chi connectivity index (χ3n) is 7.67. The molecule has 0 radical (unpaired) electrons. The quantitative estimate of drug-likeness (QED) is 0.298. The highest BCUT2D eigenvalue weighted by atomic mass is 19.3. The number of rotatable bonds is 7. The third-order valence-corrected chi connectivity index (χ3v) is 7.67. The van der Waals surface area contributed by atoms with E-state index in [0.29, 0.717) is 52.7 Å². The van der Waals surface area contributed by atoms with Gasteiger partial charge in [0.05, 0.1) is 38.0 Å². The number of hydrogen-bond acceptors (Lipinski definition) is 8. The van der Waals surface area contributed by atoms with Crippen molar-refractivity contribution in [3.63, 3.8) is 0 Å². The van der Waals surface area contributed by atoms with Gasteiger partial charge >= 0.3 is 0 Å². The first-order chi connectivity index (χ1) is 20.8. The number of nitrogens with zero attached hydrogens (tertiary/aromatic N) is 2. The number of piperidine rings is 1. The van der Waals surface area contributed by atoms with Crippen LogP contribution in [-0.4, -0.2) is 62.4 Å². The monoisotopic (exact) mass is 588 g/mol. The van der Waals surface area contributed by atoms with Crippen molar-refractivity contribution in [1.82, 2.24) is 15.6 Å². The maximum Gasteiger partial charge on any atom is 0.262 e. The minimum Gasteiger partial charge on any atom is -0.496 e. The van der Waals surface area contributed by atoms with Gasteiger partial charge in [-0.3, -0.25) is 9.78 Å². The second-order valence-corrected chi connectivity index (χ2v) is 10.7. The molecule has 2 N–H and O–H groups in total. The minimum atomic E-state index is -2.87. The molecule has 0 spiro atoms. The van der Waals surface area contributed by atoms with Gasteiger partial charge in [-0.2, -0.15) is 5.26 Å². The highest BCUT2D eigenvalue weighted by Crippen LogP contribution is 2.38. The number of ether oxygens (including phenoxy) is 3. The summed E-state index contributed by atoms with van der Waals surface area (Å²) in [5, 5.41) is 15.2. The molecule has 11 heteroatoms. The number of halogens is 2. The fraction of sp³-hybridized carbons (Fsp3) is 0.344. The number of alkyl halides is 2. The Morgan fingerprint density at radius 2 is 1.95 bits per heavy atom. The Morgan fingerprint density at radius 3 is 2.72 bits per heavy atom. The molecule has 4 heterocycles. The molecule has 2 aliphatic rings. The average Bonchev–Trinajstić information content (AvgIpc) is 3.45. The molecule has 2 aliphatic heterocycles. The van der Waals surface area contributed by atoms with Gasteiger partial charge in [0.2, 0.25) is 0 Å². The van der Waals surface area contributed by atoms with Crippen LogP contribution in [0.15, 0.2) is 59.1 Å². The molecule has 4 aromatic rings. The number of pyridine rings is 1. The molecule has 9 nitrogen and oxygen atoms in total. The van der Waals surface area contributed by atoms with E-state index in [1.165, 1.54) is 7.11 Å². The van der Waals surface area contributed by atoms with Gasteiger partial charge in [-0.1, -0.05) is 6.07 Å². The molecule has 0 bridgehead atoms. The van der Waals surface area contributed by atoms with Crippen molar-refractivity contribution >= 4 is 17.0 Å². The lowest BCUT2D eigenvalue weighted by Crippen LogP contribution is -2.53. The number of fused-ring (bicyclic) bond motifs is 1. The number of hydrogen-bond donors (Lipinski definition) is 2. The van der Waals surface area contributed by atoms with Gasteiger partial charge < -0.3 is 29.3 Å². The van der Waals surface area contributed by atoms with Gasteiger partial charge in [-0.15, -0.1) is 0 Å². The maximum absolute atomic E-state index is 13.8. The first kappa shape index (κ1) is 28.6. The van der Waals surface area contributed by atoms with E-state index in [1.807, 2.05) is 12.1 Å². The number of nitrogens with one attached hydrogen (secondary N) is 2. The van der Waals surface area contributed by atoms with Crippen LogP contribution in [0.3, 0.4) is 0 Å². The fourth-order valence-electron chi connectivity index (χ4n) is 5.50. The molecule has 43 heavy (non-hydrogen) atoms. The zero-order valence-corrected chi connectivity index (χ0v) is 23.5. The van der Waals surface area contributed by atoms with Crippen LogP contribution >= 0.6 is 0 Å². The van der Waals surface area contributed by atoms with Gasteiger partial charge in [-0.25, -0.2) is 8.78 Å². The summed E-state index contributed by atoms with van der Waals surface area (Å²) in [4.78, 5) is 17.3. The summed E-state index contributed by atoms with van der Waals surface area (Å²) in [6.07, 6.45) is 2.81. The number of benzene rings is 2. The Morgan fingerprint density at radius 1 is 1.12 bits per heavy atom. The number of furan rings is 1. The van der Waals surface area contributed by atoms with E-state index >= 15 is 0 Å². The smallest absolute Gasteiger partial charge is 0.262 e. The summed E-state index contributed by atoms with van der Waals surface area (Å²) < 4.78 is 50.9. The molecule has 222 valence electrons. The van der Waals surface area contributed by atoms with Crippen LogP contribution in [-0.2, 0) is 4.74 Å². The van der Waals surface area contributed by atoms with Gasteiger partial charge in [0.15, 0.2) is 5.58 Å². The number of methoxy groups -OCH3 is 1. The van der Waals surface area contributed by atoms with E-state index in [4.69, 9.17) is 18.6 Å². The normalized spacial score (nSPS) is 18.6. The molecular formula is C32H30F2N4O5. The van der Waals surface area contributed by atoms with E-state index < -0.39 is 30.8 Å². The summed E-state index contributed by atoms with van der Waals surface area (Å²) in [6.45, 7) is 1.15. The standard InChI is InChI=1S/C32H30F2N4O5/c1-40-28-13-20(31(39)38-22-15-32(33,34)18-36-17-22)2-4-25(28)29-14-26-30(43-29)24(6-9-37-26)19-3-5-27(21(12-19)16-35)42-23-7-10-41-11-8-23/h2-6,9,12-14,22-23,36H,7-8,10-11,15,17-18H2,1H3,(H,38,39). The van der Waals surface area contributed by atoms with Crippen molar-refractivity contribution in [3.05, 3.63) is 65.9 Å². The fourth-order valence-corrected chi connectivity index (χ4v) is 5.50. The molecule has 2 aromatic heterocycles. The van der Waals surface area contributed by atoms with Crippen molar-refractivity contribution < 1.29 is 32.2 Å². The first-order valence-corrected chi connectivity index (χ1v) is 14.1. The van der Waals surface area contributed by atoms with Crippen molar-refractivity contribution in [2.75, 3.05) is 33.4 Å². The lowest BCUT2D eigenvalue weighted by atomic mass is 10.0. The Kier molecular flexibility index (Phi) is 7.97. The minimum absolute atomic E-state index is 0.00780. The zero-order valence-electron chi connectivity index (χ0n) is 23.5. The van der Waals surface area contributed by atoms with Crippen LogP contribution < -0.4 is 20.1 Å². The lowest BCUT2D eigenvalue weighted by Gasteiger charge is -2.30. The number of aromatic nitrogens is 1. The van der Waals surface area contributed by atoms with Gasteiger partial charge in [-0.05, 0) is 42.0 Å². The van der Waals surface area contributed by atoms with Gasteiger partial charge in [0, 0.05) is 55.2 Å². The lowest BCUT2D eigenvalue weighted by molar-refractivity contribution is -0.0301. The summed E-state index contributed by atoms with van der Waals surface area (Å²) in [5.74, 6) is -1.97. The van der Waals surface area contributed by atoms with Crippen molar-refractivity contribution in [2.45, 2.75) is 37.3 Å². The molecule has 2 fully saturated rings. The first-order valence-electron chi connectivity index (χ1n) is 14.1. The Bertz CT molecular complexity index is 1690. The number of amides is 1. The number of carbonyl (C=O) groups is 1. The predicted molar refractivity (Wildman–Crippen MR) is 154 cm³/mol. The summed E-state index contributed by atoms with van der Waals surface area (Å²) in [6, 6.07) is 15.5. The molecule has 6 rings (SSSR count). The van der Waals surface area contributed by atoms with Crippen molar-refractivity contribution in [1.29, 1.82) is 5.26 Å². The molecule has 1 atom stereocenters. The average molecular weight is 589 g/mol. The van der Waals surface area contributed by atoms with Crippen LogP contribution in [0, 0.1) is 11.3 Å². The highest BCUT2D eigenvalue weighted by Gasteiger charge is 2.37. The van der Waals surface area contributed by atoms with Crippen LogP contribution in [0.2, 0.25) is 0 Å². The Balaban J connectivity index is 1.26. The van der Waals surface area contributed by atoms with E-state index in [-0.39, 0.29) is 18.2 Å². The summed E-state index contributed by atoms with van der Waals surface area (Å²) in [7, 11) is 1.48. The topological polar surface area (TPSA) is 119 Å². The predicted octanol–water partition coefficient (Wildman–Crippen LogP) is 5.33. The second kappa shape index (κ2) is 12.0.